The highest BCUT2D eigenvalue weighted by Gasteiger charge is 2.10. The van der Waals surface area contributed by atoms with Gasteiger partial charge in [0.15, 0.2) is 0 Å². The van der Waals surface area contributed by atoms with Gasteiger partial charge in [0.05, 0.1) is 5.69 Å². The summed E-state index contributed by atoms with van der Waals surface area (Å²) in [5.41, 5.74) is 4.29. The molecule has 4 rings (SSSR count). The summed E-state index contributed by atoms with van der Waals surface area (Å²) in [6.45, 7) is 1.44. The zero-order chi connectivity index (χ0) is 19.5. The lowest BCUT2D eigenvalue weighted by molar-refractivity contribution is -0.114. The number of carbonyl (C=O) groups excluding carboxylic acids is 2. The number of hydrogen-bond acceptors (Lipinski definition) is 3. The second kappa shape index (κ2) is 7.36. The molecule has 2 amide bonds. The smallest absolute Gasteiger partial charge is 0.255 e. The summed E-state index contributed by atoms with van der Waals surface area (Å²) in [6.07, 6.45) is 3.75. The van der Waals surface area contributed by atoms with Crippen LogP contribution in [-0.4, -0.2) is 21.2 Å². The normalized spacial score (nSPS) is 10.6. The van der Waals surface area contributed by atoms with Crippen LogP contribution < -0.4 is 10.6 Å². The van der Waals surface area contributed by atoms with Gasteiger partial charge in [-0.3, -0.25) is 9.59 Å². The highest BCUT2D eigenvalue weighted by molar-refractivity contribution is 6.05. The van der Waals surface area contributed by atoms with Crippen LogP contribution in [0, 0.1) is 0 Å². The summed E-state index contributed by atoms with van der Waals surface area (Å²) >= 11 is 0. The summed E-state index contributed by atoms with van der Waals surface area (Å²) in [6, 6.07) is 20.4. The summed E-state index contributed by atoms with van der Waals surface area (Å²) in [5.74, 6) is -0.408. The van der Waals surface area contributed by atoms with Crippen LogP contribution in [-0.2, 0) is 4.79 Å². The van der Waals surface area contributed by atoms with Gasteiger partial charge in [0.2, 0.25) is 5.91 Å². The van der Waals surface area contributed by atoms with Gasteiger partial charge in [-0.1, -0.05) is 36.4 Å². The Kier molecular flexibility index (Phi) is 4.60. The van der Waals surface area contributed by atoms with E-state index >= 15 is 0 Å². The Morgan fingerprint density at radius 3 is 2.39 bits per heavy atom. The zero-order valence-corrected chi connectivity index (χ0v) is 15.2. The Morgan fingerprint density at radius 1 is 0.893 bits per heavy atom. The molecule has 2 N–H and O–H groups in total. The van der Waals surface area contributed by atoms with Crippen LogP contribution >= 0.6 is 0 Å². The van der Waals surface area contributed by atoms with E-state index < -0.39 is 0 Å². The standard InChI is InChI=1S/C22H18N4O2/c1-15(27)23-18-8-5-9-19(13-18)24-22(28)17-10-11-26-14-20(25-21(26)12-17)16-6-3-2-4-7-16/h2-14H,1H3,(H,23,27)(H,24,28). The van der Waals surface area contributed by atoms with Crippen molar-refractivity contribution in [2.24, 2.45) is 0 Å². The lowest BCUT2D eigenvalue weighted by Gasteiger charge is -2.08. The van der Waals surface area contributed by atoms with Gasteiger partial charge in [-0.05, 0) is 30.3 Å². The number of nitrogens with zero attached hydrogens (tertiary/aromatic N) is 2. The molecule has 28 heavy (non-hydrogen) atoms. The van der Waals surface area contributed by atoms with Crippen molar-refractivity contribution >= 4 is 28.8 Å². The summed E-state index contributed by atoms with van der Waals surface area (Å²) in [5, 5.41) is 5.54. The second-order valence-electron chi connectivity index (χ2n) is 6.39. The molecule has 0 aliphatic heterocycles. The number of carbonyl (C=O) groups is 2. The van der Waals surface area contributed by atoms with Crippen LogP contribution in [0.5, 0.6) is 0 Å². The molecule has 6 heteroatoms. The SMILES string of the molecule is CC(=O)Nc1cccc(NC(=O)c2ccn3cc(-c4ccccc4)nc3c2)c1. The molecule has 6 nitrogen and oxygen atoms in total. The molecular formula is C22H18N4O2. The number of aromatic nitrogens is 2. The molecule has 0 saturated carbocycles. The minimum Gasteiger partial charge on any atom is -0.326 e. The number of nitrogens with one attached hydrogen (secondary N) is 2. The number of hydrogen-bond donors (Lipinski definition) is 2. The molecule has 138 valence electrons. The van der Waals surface area contributed by atoms with Gasteiger partial charge >= 0.3 is 0 Å². The average Bonchev–Trinajstić information content (AvgIpc) is 3.12. The monoisotopic (exact) mass is 370 g/mol. The molecule has 0 spiro atoms. The lowest BCUT2D eigenvalue weighted by Crippen LogP contribution is -2.13. The molecule has 0 fully saturated rings. The minimum atomic E-state index is -0.244. The first-order valence-electron chi connectivity index (χ1n) is 8.82. The van der Waals surface area contributed by atoms with Crippen LogP contribution in [0.25, 0.3) is 16.9 Å². The lowest BCUT2D eigenvalue weighted by atomic mass is 10.2. The Hall–Kier alpha value is -3.93. The Bertz CT molecular complexity index is 1170. The topological polar surface area (TPSA) is 75.5 Å². The first kappa shape index (κ1) is 17.5. The van der Waals surface area contributed by atoms with Gasteiger partial charge in [0.1, 0.15) is 5.65 Å². The molecule has 2 aromatic heterocycles. The van der Waals surface area contributed by atoms with Gasteiger partial charge in [-0.15, -0.1) is 0 Å². The molecule has 0 aliphatic carbocycles. The van der Waals surface area contributed by atoms with Crippen molar-refractivity contribution < 1.29 is 9.59 Å². The zero-order valence-electron chi connectivity index (χ0n) is 15.2. The highest BCUT2D eigenvalue weighted by Crippen LogP contribution is 2.20. The van der Waals surface area contributed by atoms with E-state index in [1.165, 1.54) is 6.92 Å². The third kappa shape index (κ3) is 3.76. The molecular weight excluding hydrogens is 352 g/mol. The molecule has 4 aromatic rings. The molecule has 0 bridgehead atoms. The molecule has 0 atom stereocenters. The number of pyridine rings is 1. The largest absolute Gasteiger partial charge is 0.326 e. The second-order valence-corrected chi connectivity index (χ2v) is 6.39. The third-order valence-electron chi connectivity index (χ3n) is 4.23. The van der Waals surface area contributed by atoms with Crippen molar-refractivity contribution in [3.05, 3.63) is 84.7 Å². The van der Waals surface area contributed by atoms with Crippen molar-refractivity contribution in [2.75, 3.05) is 10.6 Å². The fourth-order valence-corrected chi connectivity index (χ4v) is 2.95. The highest BCUT2D eigenvalue weighted by atomic mass is 16.2. The number of benzene rings is 2. The van der Waals surface area contributed by atoms with Crippen LogP contribution in [0.3, 0.4) is 0 Å². The average molecular weight is 370 g/mol. The molecule has 0 saturated heterocycles. The van der Waals surface area contributed by atoms with Gasteiger partial charge in [0.25, 0.3) is 5.91 Å². The van der Waals surface area contributed by atoms with E-state index in [0.29, 0.717) is 22.6 Å². The van der Waals surface area contributed by atoms with Crippen molar-refractivity contribution in [2.45, 2.75) is 6.92 Å². The molecule has 0 aliphatic rings. The molecule has 0 unspecified atom stereocenters. The van der Waals surface area contributed by atoms with Gasteiger partial charge < -0.3 is 15.0 Å². The summed E-state index contributed by atoms with van der Waals surface area (Å²) in [7, 11) is 0. The first-order chi connectivity index (χ1) is 13.6. The summed E-state index contributed by atoms with van der Waals surface area (Å²) in [4.78, 5) is 28.4. The predicted octanol–water partition coefficient (Wildman–Crippen LogP) is 4.21. The number of fused-ring (bicyclic) bond motifs is 1. The Morgan fingerprint density at radius 2 is 1.64 bits per heavy atom. The third-order valence-corrected chi connectivity index (χ3v) is 4.23. The summed E-state index contributed by atoms with van der Waals surface area (Å²) < 4.78 is 1.89. The number of amides is 2. The fourth-order valence-electron chi connectivity index (χ4n) is 2.95. The molecule has 0 radical (unpaired) electrons. The van der Waals surface area contributed by atoms with Crippen LogP contribution in [0.2, 0.25) is 0 Å². The van der Waals surface area contributed by atoms with Crippen LogP contribution in [0.1, 0.15) is 17.3 Å². The maximum absolute atomic E-state index is 12.6. The van der Waals surface area contributed by atoms with Crippen molar-refractivity contribution in [3.63, 3.8) is 0 Å². The maximum Gasteiger partial charge on any atom is 0.255 e. The van der Waals surface area contributed by atoms with E-state index in [1.54, 1.807) is 36.4 Å². The van der Waals surface area contributed by atoms with E-state index in [2.05, 4.69) is 15.6 Å². The maximum atomic E-state index is 12.6. The van der Waals surface area contributed by atoms with E-state index in [0.717, 1.165) is 11.3 Å². The molecule has 2 aromatic carbocycles. The van der Waals surface area contributed by atoms with Crippen molar-refractivity contribution in [3.8, 4) is 11.3 Å². The molecule has 2 heterocycles. The van der Waals surface area contributed by atoms with E-state index in [9.17, 15) is 9.59 Å². The quantitative estimate of drug-likeness (QED) is 0.565. The first-order valence-corrected chi connectivity index (χ1v) is 8.82. The number of anilines is 2. The van der Waals surface area contributed by atoms with Gasteiger partial charge in [-0.2, -0.15) is 0 Å². The van der Waals surface area contributed by atoms with Crippen LogP contribution in [0.15, 0.2) is 79.1 Å². The van der Waals surface area contributed by atoms with Crippen molar-refractivity contribution in [1.82, 2.24) is 9.38 Å². The van der Waals surface area contributed by atoms with Gasteiger partial charge in [-0.25, -0.2) is 4.98 Å². The van der Waals surface area contributed by atoms with Gasteiger partial charge in [0, 0.05) is 41.8 Å². The van der Waals surface area contributed by atoms with Crippen molar-refractivity contribution in [1.29, 1.82) is 0 Å². The number of rotatable bonds is 4. The Balaban J connectivity index is 1.57. The van der Waals surface area contributed by atoms with E-state index in [1.807, 2.05) is 47.1 Å². The van der Waals surface area contributed by atoms with E-state index in [-0.39, 0.29) is 11.8 Å². The minimum absolute atomic E-state index is 0.164. The Labute approximate surface area is 161 Å². The predicted molar refractivity (Wildman–Crippen MR) is 109 cm³/mol. The number of imidazole rings is 1. The van der Waals surface area contributed by atoms with E-state index in [4.69, 9.17) is 0 Å². The van der Waals surface area contributed by atoms with Crippen LogP contribution in [0.4, 0.5) is 11.4 Å². The fraction of sp³-hybridized carbons (Fsp3) is 0.0455.